The van der Waals surface area contributed by atoms with Gasteiger partial charge in [0, 0.05) is 41.8 Å². The number of rotatable bonds is 2. The summed E-state index contributed by atoms with van der Waals surface area (Å²) in [6, 6.07) is 17.0. The van der Waals surface area contributed by atoms with Crippen LogP contribution in [-0.4, -0.2) is 23.8 Å². The largest absolute Gasteiger partial charge is 0.470 e. The number of nitrogens with zero attached hydrogens (tertiary/aromatic N) is 4. The molecule has 26 heavy (non-hydrogen) atoms. The van der Waals surface area contributed by atoms with Crippen LogP contribution in [0.15, 0.2) is 71.9 Å². The summed E-state index contributed by atoms with van der Waals surface area (Å²) < 4.78 is 0. The van der Waals surface area contributed by atoms with E-state index < -0.39 is 0 Å². The van der Waals surface area contributed by atoms with E-state index in [2.05, 4.69) is 65.6 Å². The molecule has 0 radical (unpaired) electrons. The smallest absolute Gasteiger partial charge is 0.0643 e. The molecule has 1 unspecified atom stereocenters. The summed E-state index contributed by atoms with van der Waals surface area (Å²) in [5, 5.41) is 4.10. The van der Waals surface area contributed by atoms with Gasteiger partial charge in [0.2, 0.25) is 0 Å². The molecule has 5 rings (SSSR count). The third kappa shape index (κ3) is 2.54. The molecule has 130 valence electrons. The van der Waals surface area contributed by atoms with Crippen molar-refractivity contribution in [3.05, 3.63) is 89.1 Å². The molecule has 2 aromatic carbocycles. The van der Waals surface area contributed by atoms with Crippen molar-refractivity contribution in [3.63, 3.8) is 0 Å². The quantitative estimate of drug-likeness (QED) is 0.780. The molecule has 0 spiro atoms. The third-order valence-corrected chi connectivity index (χ3v) is 5.20. The van der Waals surface area contributed by atoms with Gasteiger partial charge in [-0.2, -0.15) is 0 Å². The summed E-state index contributed by atoms with van der Waals surface area (Å²) in [7, 11) is 0. The van der Waals surface area contributed by atoms with Crippen molar-refractivity contribution in [1.82, 2.24) is 5.01 Å². The van der Waals surface area contributed by atoms with Crippen molar-refractivity contribution in [2.75, 3.05) is 18.1 Å². The zero-order valence-electron chi connectivity index (χ0n) is 14.8. The van der Waals surface area contributed by atoms with E-state index in [0.29, 0.717) is 5.92 Å². The van der Waals surface area contributed by atoms with Crippen LogP contribution in [0.25, 0.3) is 11.2 Å². The molecule has 2 aromatic rings. The fourth-order valence-electron chi connectivity index (χ4n) is 3.84. The SMILES string of the molecule is CC1CN2[N-]N(c3ccccc3)C=C2c2cc(C3=NCCC=C3)ccc21. The summed E-state index contributed by atoms with van der Waals surface area (Å²) in [6.45, 7) is 4.06. The van der Waals surface area contributed by atoms with Crippen LogP contribution in [0.2, 0.25) is 0 Å². The molecule has 3 aliphatic heterocycles. The number of dihydropyridines is 1. The second kappa shape index (κ2) is 6.15. The molecule has 0 aliphatic carbocycles. The Kier molecular flexibility index (Phi) is 3.64. The van der Waals surface area contributed by atoms with Crippen LogP contribution in [0.5, 0.6) is 0 Å². The maximum Gasteiger partial charge on any atom is 0.0643 e. The molecule has 0 bridgehead atoms. The molecule has 3 heterocycles. The summed E-state index contributed by atoms with van der Waals surface area (Å²) in [6.07, 6.45) is 7.52. The Morgan fingerprint density at radius 2 is 2.00 bits per heavy atom. The molecule has 3 aliphatic rings. The zero-order valence-corrected chi connectivity index (χ0v) is 14.8. The second-order valence-corrected chi connectivity index (χ2v) is 7.03. The van der Waals surface area contributed by atoms with Crippen LogP contribution in [0.4, 0.5) is 5.69 Å². The fourth-order valence-corrected chi connectivity index (χ4v) is 3.84. The lowest BCUT2D eigenvalue weighted by atomic mass is 9.88. The lowest BCUT2D eigenvalue weighted by Gasteiger charge is -2.44. The molecular formula is C22H21N4-. The monoisotopic (exact) mass is 341 g/mol. The van der Waals surface area contributed by atoms with Gasteiger partial charge in [-0.25, -0.2) is 0 Å². The Morgan fingerprint density at radius 1 is 1.12 bits per heavy atom. The van der Waals surface area contributed by atoms with Gasteiger partial charge in [-0.1, -0.05) is 43.3 Å². The van der Waals surface area contributed by atoms with Crippen molar-refractivity contribution in [3.8, 4) is 0 Å². The fraction of sp³-hybridized carbons (Fsp3) is 0.227. The van der Waals surface area contributed by atoms with E-state index >= 15 is 0 Å². The van der Waals surface area contributed by atoms with Gasteiger partial charge < -0.3 is 15.6 Å². The highest BCUT2D eigenvalue weighted by Gasteiger charge is 2.26. The molecule has 0 fully saturated rings. The van der Waals surface area contributed by atoms with Gasteiger partial charge in [0.15, 0.2) is 0 Å². The molecule has 4 nitrogen and oxygen atoms in total. The Bertz CT molecular complexity index is 926. The second-order valence-electron chi connectivity index (χ2n) is 7.03. The zero-order chi connectivity index (χ0) is 17.5. The highest BCUT2D eigenvalue weighted by atomic mass is 15.8. The predicted molar refractivity (Wildman–Crippen MR) is 107 cm³/mol. The summed E-state index contributed by atoms with van der Waals surface area (Å²) in [5.41, 5.74) is 12.0. The number of para-hydroxylation sites is 1. The number of benzene rings is 2. The Balaban J connectivity index is 1.57. The molecule has 0 saturated carbocycles. The maximum absolute atomic E-state index is 4.80. The van der Waals surface area contributed by atoms with E-state index in [1.54, 1.807) is 0 Å². The van der Waals surface area contributed by atoms with E-state index in [1.807, 2.05) is 23.2 Å². The number of hydrogen-bond donors (Lipinski definition) is 0. The van der Waals surface area contributed by atoms with Crippen LogP contribution >= 0.6 is 0 Å². The number of allylic oxidation sites excluding steroid dienone is 1. The summed E-state index contributed by atoms with van der Waals surface area (Å²) >= 11 is 0. The van der Waals surface area contributed by atoms with Gasteiger partial charge >= 0.3 is 0 Å². The number of anilines is 1. The Labute approximate surface area is 154 Å². The highest BCUT2D eigenvalue weighted by molar-refractivity contribution is 6.09. The minimum absolute atomic E-state index is 0.444. The van der Waals surface area contributed by atoms with Crippen molar-refractivity contribution >= 4 is 17.1 Å². The molecule has 4 heteroatoms. The molecule has 0 saturated heterocycles. The van der Waals surface area contributed by atoms with E-state index in [9.17, 15) is 0 Å². The van der Waals surface area contributed by atoms with E-state index in [0.717, 1.165) is 30.9 Å². The van der Waals surface area contributed by atoms with Gasteiger partial charge in [-0.15, -0.1) is 0 Å². The van der Waals surface area contributed by atoms with E-state index in [4.69, 9.17) is 5.53 Å². The minimum Gasteiger partial charge on any atom is -0.470 e. The first-order valence-electron chi connectivity index (χ1n) is 9.20. The highest BCUT2D eigenvalue weighted by Crippen LogP contribution is 2.42. The van der Waals surface area contributed by atoms with Crippen LogP contribution in [0, 0.1) is 0 Å². The number of aliphatic imine (C=N–C) groups is 1. The maximum atomic E-state index is 4.80. The summed E-state index contributed by atoms with van der Waals surface area (Å²) in [5.74, 6) is 0.444. The van der Waals surface area contributed by atoms with Crippen LogP contribution < -0.4 is 5.01 Å². The van der Waals surface area contributed by atoms with E-state index in [1.165, 1.54) is 22.4 Å². The van der Waals surface area contributed by atoms with Gasteiger partial charge in [0.1, 0.15) is 0 Å². The van der Waals surface area contributed by atoms with Crippen LogP contribution in [0.3, 0.4) is 0 Å². The lowest BCUT2D eigenvalue weighted by molar-refractivity contribution is 0.445. The van der Waals surface area contributed by atoms with Crippen molar-refractivity contribution in [2.45, 2.75) is 19.3 Å². The lowest BCUT2D eigenvalue weighted by Crippen LogP contribution is -2.27. The number of hydrogen-bond acceptors (Lipinski definition) is 3. The van der Waals surface area contributed by atoms with Gasteiger partial charge in [-0.05, 0) is 42.2 Å². The van der Waals surface area contributed by atoms with Gasteiger partial charge in [0.05, 0.1) is 5.71 Å². The summed E-state index contributed by atoms with van der Waals surface area (Å²) in [4.78, 5) is 4.68. The molecule has 1 atom stereocenters. The van der Waals surface area contributed by atoms with Gasteiger partial charge in [-0.3, -0.25) is 4.99 Å². The first-order chi connectivity index (χ1) is 12.8. The Hall–Kier alpha value is -2.85. The predicted octanol–water partition coefficient (Wildman–Crippen LogP) is 4.88. The first-order valence-corrected chi connectivity index (χ1v) is 9.20. The molecule has 0 N–H and O–H groups in total. The third-order valence-electron chi connectivity index (χ3n) is 5.20. The topological polar surface area (TPSA) is 32.9 Å². The minimum atomic E-state index is 0.444. The molecular weight excluding hydrogens is 320 g/mol. The average Bonchev–Trinajstić information content (AvgIpc) is 3.13. The molecule has 0 aromatic heterocycles. The normalized spacial score (nSPS) is 21.2. The van der Waals surface area contributed by atoms with E-state index in [-0.39, 0.29) is 0 Å². The van der Waals surface area contributed by atoms with Gasteiger partial charge in [0.25, 0.3) is 0 Å². The Morgan fingerprint density at radius 3 is 2.81 bits per heavy atom. The van der Waals surface area contributed by atoms with Crippen molar-refractivity contribution < 1.29 is 0 Å². The standard InChI is InChI=1S/C22H21N4/c1-16-14-26-22(15-25(24-26)18-7-3-2-4-8-18)20-13-17(10-11-19(16)20)21-9-5-6-12-23-21/h2-5,7-11,13,15-16H,6,12,14H2,1H3/q-1. The van der Waals surface area contributed by atoms with Crippen LogP contribution in [-0.2, 0) is 0 Å². The first kappa shape index (κ1) is 15.4. The number of fused-ring (bicyclic) bond motifs is 3. The van der Waals surface area contributed by atoms with Crippen molar-refractivity contribution in [1.29, 1.82) is 0 Å². The molecule has 0 amide bonds. The average molecular weight is 341 g/mol. The van der Waals surface area contributed by atoms with Crippen molar-refractivity contribution in [2.24, 2.45) is 4.99 Å². The van der Waals surface area contributed by atoms with Crippen LogP contribution in [0.1, 0.15) is 36.0 Å².